The lowest BCUT2D eigenvalue weighted by atomic mass is 9.90. The second-order valence-electron chi connectivity index (χ2n) is 9.52. The third kappa shape index (κ3) is 5.48. The number of ketones is 1. The molecule has 0 amide bonds. The van der Waals surface area contributed by atoms with Crippen LogP contribution in [0.3, 0.4) is 0 Å². The summed E-state index contributed by atoms with van der Waals surface area (Å²) in [6, 6.07) is 23.9. The van der Waals surface area contributed by atoms with E-state index in [1.54, 1.807) is 0 Å². The van der Waals surface area contributed by atoms with Crippen LogP contribution in [-0.2, 0) is 4.79 Å². The molecule has 0 bridgehead atoms. The maximum Gasteiger partial charge on any atom is 0.303 e. The Morgan fingerprint density at radius 3 is 2.36 bits per heavy atom. The molecule has 1 heterocycles. The van der Waals surface area contributed by atoms with Crippen molar-refractivity contribution >= 4 is 28.5 Å². The Kier molecular flexibility index (Phi) is 7.12. The predicted molar refractivity (Wildman–Crippen MR) is 140 cm³/mol. The summed E-state index contributed by atoms with van der Waals surface area (Å²) in [5, 5.41) is 12.5. The molecule has 0 unspecified atom stereocenters. The number of carboxylic acid groups (broad SMARTS) is 1. The smallest absolute Gasteiger partial charge is 0.303 e. The van der Waals surface area contributed by atoms with Crippen LogP contribution in [0.25, 0.3) is 22.6 Å². The zero-order valence-electron chi connectivity index (χ0n) is 20.2. The van der Waals surface area contributed by atoms with Crippen LogP contribution in [0.4, 0.5) is 5.69 Å². The second-order valence-corrected chi connectivity index (χ2v) is 9.52. The molecule has 1 aromatic heterocycles. The highest BCUT2D eigenvalue weighted by molar-refractivity contribution is 5.96. The summed E-state index contributed by atoms with van der Waals surface area (Å²) >= 11 is 0. The van der Waals surface area contributed by atoms with E-state index >= 15 is 0 Å². The van der Waals surface area contributed by atoms with Crippen LogP contribution >= 0.6 is 0 Å². The van der Waals surface area contributed by atoms with E-state index in [4.69, 9.17) is 9.52 Å². The number of carbonyl (C=O) groups excluding carboxylic acids is 1. The van der Waals surface area contributed by atoms with E-state index in [0.717, 1.165) is 22.4 Å². The molecule has 0 aliphatic heterocycles. The van der Waals surface area contributed by atoms with Crippen molar-refractivity contribution in [3.05, 3.63) is 83.9 Å². The number of aromatic nitrogens is 1. The highest BCUT2D eigenvalue weighted by atomic mass is 16.4. The zero-order valence-corrected chi connectivity index (χ0v) is 20.2. The fraction of sp³-hybridized carbons (Fsp3) is 0.300. The number of hydrogen-bond donors (Lipinski definition) is 2. The Hall–Kier alpha value is -3.93. The van der Waals surface area contributed by atoms with Crippen molar-refractivity contribution in [3.63, 3.8) is 0 Å². The average Bonchev–Trinajstić information content (AvgIpc) is 3.58. The quantitative estimate of drug-likeness (QED) is 0.231. The van der Waals surface area contributed by atoms with Crippen molar-refractivity contribution in [3.8, 4) is 11.5 Å². The van der Waals surface area contributed by atoms with Gasteiger partial charge >= 0.3 is 5.97 Å². The number of aliphatic carboxylic acids is 1. The van der Waals surface area contributed by atoms with E-state index < -0.39 is 5.97 Å². The fourth-order valence-corrected chi connectivity index (χ4v) is 5.07. The van der Waals surface area contributed by atoms with Crippen molar-refractivity contribution in [2.75, 3.05) is 5.32 Å². The van der Waals surface area contributed by atoms with Gasteiger partial charge in [0.25, 0.3) is 0 Å². The number of para-hydroxylation sites is 2. The molecule has 184 valence electrons. The first-order valence-electron chi connectivity index (χ1n) is 12.6. The van der Waals surface area contributed by atoms with Crippen molar-refractivity contribution in [2.24, 2.45) is 5.92 Å². The molecule has 3 aromatic carbocycles. The second kappa shape index (κ2) is 10.8. The SMILES string of the molecule is O=C(O)CCCC(=O)c1ccc(N[C@@H](c2ccc(-c3nc4ccccc4o3)cc2)C2CCCC2)cc1. The van der Waals surface area contributed by atoms with Crippen molar-refractivity contribution in [2.45, 2.75) is 51.0 Å². The molecule has 6 heteroatoms. The first-order chi connectivity index (χ1) is 17.6. The zero-order chi connectivity index (χ0) is 24.9. The highest BCUT2D eigenvalue weighted by Crippen LogP contribution is 2.38. The number of nitrogens with one attached hydrogen (secondary N) is 1. The molecular formula is C30H30N2O4. The van der Waals surface area contributed by atoms with Gasteiger partial charge < -0.3 is 14.8 Å². The largest absolute Gasteiger partial charge is 0.481 e. The molecule has 1 atom stereocenters. The minimum atomic E-state index is -0.873. The summed E-state index contributed by atoms with van der Waals surface area (Å²) in [7, 11) is 0. The lowest BCUT2D eigenvalue weighted by Gasteiger charge is -2.26. The minimum Gasteiger partial charge on any atom is -0.481 e. The molecule has 1 fully saturated rings. The molecule has 36 heavy (non-hydrogen) atoms. The molecule has 1 aliphatic rings. The van der Waals surface area contributed by atoms with Crippen LogP contribution < -0.4 is 5.32 Å². The summed E-state index contributed by atoms with van der Waals surface area (Å²) in [4.78, 5) is 27.7. The number of oxazole rings is 1. The normalized spacial score (nSPS) is 14.7. The van der Waals surface area contributed by atoms with Gasteiger partial charge in [-0.3, -0.25) is 9.59 Å². The Morgan fingerprint density at radius 2 is 1.67 bits per heavy atom. The predicted octanol–water partition coefficient (Wildman–Crippen LogP) is 7.28. The maximum atomic E-state index is 12.4. The van der Waals surface area contributed by atoms with Gasteiger partial charge in [0, 0.05) is 29.7 Å². The number of nitrogens with zero attached hydrogens (tertiary/aromatic N) is 1. The molecule has 0 radical (unpaired) electrons. The van der Waals surface area contributed by atoms with Gasteiger partial charge in [0.05, 0.1) is 6.04 Å². The summed E-state index contributed by atoms with van der Waals surface area (Å²) in [6.07, 6.45) is 5.48. The van der Waals surface area contributed by atoms with Gasteiger partial charge in [-0.15, -0.1) is 0 Å². The standard InChI is InChI=1S/C30H30N2O4/c33-26(9-5-11-28(34)35)20-16-18-24(19-17-20)31-29(21-6-1-2-7-21)22-12-14-23(15-13-22)30-32-25-8-3-4-10-27(25)36-30/h3-4,8,10,12-19,21,29,31H,1-2,5-7,9,11H2,(H,34,35)/t29-/m1/s1. The van der Waals surface area contributed by atoms with E-state index in [1.165, 1.54) is 31.2 Å². The lowest BCUT2D eigenvalue weighted by Crippen LogP contribution is -2.19. The summed E-state index contributed by atoms with van der Waals surface area (Å²) in [5.74, 6) is 0.265. The van der Waals surface area contributed by atoms with Crippen LogP contribution in [0.5, 0.6) is 0 Å². The third-order valence-electron chi connectivity index (χ3n) is 7.01. The number of Topliss-reactive ketones (excluding diaryl/α,β-unsaturated/α-hetero) is 1. The number of carboxylic acids is 1. The minimum absolute atomic E-state index is 0.0135. The van der Waals surface area contributed by atoms with Gasteiger partial charge in [0.1, 0.15) is 5.52 Å². The molecular weight excluding hydrogens is 452 g/mol. The first kappa shape index (κ1) is 23.8. The van der Waals surface area contributed by atoms with Crippen LogP contribution in [0.15, 0.2) is 77.2 Å². The molecule has 1 aliphatic carbocycles. The van der Waals surface area contributed by atoms with Gasteiger partial charge in [0.2, 0.25) is 5.89 Å². The topological polar surface area (TPSA) is 92.4 Å². The Balaban J connectivity index is 1.31. The number of benzene rings is 3. The molecule has 5 rings (SSSR count). The van der Waals surface area contributed by atoms with E-state index in [-0.39, 0.29) is 24.7 Å². The van der Waals surface area contributed by atoms with E-state index in [0.29, 0.717) is 23.8 Å². The molecule has 4 aromatic rings. The van der Waals surface area contributed by atoms with Crippen molar-refractivity contribution in [1.29, 1.82) is 0 Å². The maximum absolute atomic E-state index is 12.4. The van der Waals surface area contributed by atoms with Crippen LogP contribution in [0.1, 0.15) is 66.9 Å². The number of fused-ring (bicyclic) bond motifs is 1. The van der Waals surface area contributed by atoms with Gasteiger partial charge in [-0.05, 0) is 79.3 Å². The average molecular weight is 483 g/mol. The van der Waals surface area contributed by atoms with E-state index in [9.17, 15) is 9.59 Å². The van der Waals surface area contributed by atoms with Gasteiger partial charge in [-0.1, -0.05) is 37.1 Å². The van der Waals surface area contributed by atoms with Crippen LogP contribution in [0, 0.1) is 5.92 Å². The monoisotopic (exact) mass is 482 g/mol. The lowest BCUT2D eigenvalue weighted by molar-refractivity contribution is -0.137. The van der Waals surface area contributed by atoms with Gasteiger partial charge in [0.15, 0.2) is 11.4 Å². The molecule has 6 nitrogen and oxygen atoms in total. The van der Waals surface area contributed by atoms with E-state index in [2.05, 4.69) is 34.6 Å². The van der Waals surface area contributed by atoms with Crippen LogP contribution in [0.2, 0.25) is 0 Å². The molecule has 2 N–H and O–H groups in total. The summed E-state index contributed by atoms with van der Waals surface area (Å²) < 4.78 is 5.93. The number of hydrogen-bond acceptors (Lipinski definition) is 5. The first-order valence-corrected chi connectivity index (χ1v) is 12.6. The van der Waals surface area contributed by atoms with E-state index in [1.807, 2.05) is 48.5 Å². The third-order valence-corrected chi connectivity index (χ3v) is 7.01. The van der Waals surface area contributed by atoms with Crippen molar-refractivity contribution < 1.29 is 19.1 Å². The summed E-state index contributed by atoms with van der Waals surface area (Å²) in [6.45, 7) is 0. The van der Waals surface area contributed by atoms with Gasteiger partial charge in [-0.2, -0.15) is 0 Å². The Bertz CT molecular complexity index is 1300. The fourth-order valence-electron chi connectivity index (χ4n) is 5.07. The van der Waals surface area contributed by atoms with Crippen LogP contribution in [-0.4, -0.2) is 21.8 Å². The molecule has 0 spiro atoms. The Labute approximate surface area is 210 Å². The highest BCUT2D eigenvalue weighted by Gasteiger charge is 2.26. The van der Waals surface area contributed by atoms with Crippen molar-refractivity contribution in [1.82, 2.24) is 4.98 Å². The molecule has 1 saturated carbocycles. The number of carbonyl (C=O) groups is 2. The number of anilines is 1. The summed E-state index contributed by atoms with van der Waals surface area (Å²) in [5.41, 5.74) is 5.39. The number of rotatable bonds is 10. The Morgan fingerprint density at radius 1 is 0.944 bits per heavy atom. The molecule has 0 saturated heterocycles. The van der Waals surface area contributed by atoms with Gasteiger partial charge in [-0.25, -0.2) is 4.98 Å².